The van der Waals surface area contributed by atoms with Crippen molar-refractivity contribution in [1.82, 2.24) is 0 Å². The van der Waals surface area contributed by atoms with Gasteiger partial charge in [-0.2, -0.15) is 0 Å². The van der Waals surface area contributed by atoms with Crippen molar-refractivity contribution >= 4 is 11.9 Å². The lowest BCUT2D eigenvalue weighted by Crippen LogP contribution is -2.21. The van der Waals surface area contributed by atoms with Crippen molar-refractivity contribution in [1.29, 1.82) is 0 Å². The summed E-state index contributed by atoms with van der Waals surface area (Å²) in [6.07, 6.45) is 25.0. The number of hydrogen-bond acceptors (Lipinski definition) is 4. The monoisotopic (exact) mass is 396 g/mol. The highest BCUT2D eigenvalue weighted by Crippen LogP contribution is 2.15. The molecule has 0 heterocycles. The Kier molecular flexibility index (Phi) is 21.4. The zero-order chi connectivity index (χ0) is 20.7. The Balaban J connectivity index is 3.01. The van der Waals surface area contributed by atoms with Crippen LogP contribution in [0.15, 0.2) is 0 Å². The summed E-state index contributed by atoms with van der Waals surface area (Å²) in [5, 5.41) is 20.6. The first-order chi connectivity index (χ1) is 13.6. The van der Waals surface area contributed by atoms with Gasteiger partial charge in [-0.15, -0.1) is 0 Å². The van der Waals surface area contributed by atoms with Crippen LogP contribution < -0.4 is 10.2 Å². The van der Waals surface area contributed by atoms with E-state index in [1.807, 2.05) is 0 Å². The number of carboxylic acid groups (broad SMARTS) is 2. The van der Waals surface area contributed by atoms with Gasteiger partial charge in [-0.3, -0.25) is 0 Å². The summed E-state index contributed by atoms with van der Waals surface area (Å²) in [6.45, 7) is 0. The fourth-order valence-electron chi connectivity index (χ4n) is 3.72. The van der Waals surface area contributed by atoms with Gasteiger partial charge in [-0.25, -0.2) is 0 Å². The van der Waals surface area contributed by atoms with E-state index in [0.717, 1.165) is 38.5 Å². The molecule has 0 atom stereocenters. The molecule has 0 rings (SSSR count). The van der Waals surface area contributed by atoms with E-state index >= 15 is 0 Å². The van der Waals surface area contributed by atoms with Gasteiger partial charge in [0.1, 0.15) is 0 Å². The molecule has 0 aliphatic heterocycles. The summed E-state index contributed by atoms with van der Waals surface area (Å²) < 4.78 is 0. The molecule has 0 aromatic heterocycles. The topological polar surface area (TPSA) is 80.3 Å². The lowest BCUT2D eigenvalue weighted by Gasteiger charge is -2.04. The molecule has 166 valence electrons. The molecule has 0 amide bonds. The quantitative estimate of drug-likeness (QED) is 0.226. The minimum absolute atomic E-state index is 0.217. The SMILES string of the molecule is O=C([O-])CCCCCCCCCCCCCCCCCCCCCCC(=O)[O-]. The molecule has 0 aromatic carbocycles. The van der Waals surface area contributed by atoms with Crippen LogP contribution in [-0.4, -0.2) is 11.9 Å². The number of carbonyl (C=O) groups excluding carboxylic acids is 2. The summed E-state index contributed by atoms with van der Waals surface area (Å²) in [4.78, 5) is 20.6. The third-order valence-corrected chi connectivity index (χ3v) is 5.51. The van der Waals surface area contributed by atoms with E-state index in [-0.39, 0.29) is 12.8 Å². The van der Waals surface area contributed by atoms with Crippen LogP contribution in [0.3, 0.4) is 0 Å². The highest BCUT2D eigenvalue weighted by atomic mass is 16.4. The van der Waals surface area contributed by atoms with Crippen molar-refractivity contribution in [2.75, 3.05) is 0 Å². The molecule has 0 spiro atoms. The summed E-state index contributed by atoms with van der Waals surface area (Å²) in [5.74, 6) is -1.83. The van der Waals surface area contributed by atoms with Gasteiger partial charge < -0.3 is 19.8 Å². The van der Waals surface area contributed by atoms with Gasteiger partial charge in [0, 0.05) is 11.9 Å². The molecule has 0 aliphatic carbocycles. The van der Waals surface area contributed by atoms with E-state index in [9.17, 15) is 19.8 Å². The molecule has 0 aromatic rings. The van der Waals surface area contributed by atoms with E-state index < -0.39 is 11.9 Å². The van der Waals surface area contributed by atoms with Crippen LogP contribution in [0.2, 0.25) is 0 Å². The molecule has 0 fully saturated rings. The minimum atomic E-state index is -0.917. The molecule has 0 saturated heterocycles. The minimum Gasteiger partial charge on any atom is -0.550 e. The van der Waals surface area contributed by atoms with Crippen molar-refractivity contribution < 1.29 is 19.8 Å². The smallest absolute Gasteiger partial charge is 0.0414 e. The molecule has 0 bridgehead atoms. The van der Waals surface area contributed by atoms with Crippen molar-refractivity contribution in [2.24, 2.45) is 0 Å². The van der Waals surface area contributed by atoms with E-state index in [4.69, 9.17) is 0 Å². The molecule has 28 heavy (non-hydrogen) atoms. The second-order valence-corrected chi connectivity index (χ2v) is 8.32. The maximum absolute atomic E-state index is 10.3. The van der Waals surface area contributed by atoms with Gasteiger partial charge in [0.25, 0.3) is 0 Å². The highest BCUT2D eigenvalue weighted by Gasteiger charge is 1.96. The van der Waals surface area contributed by atoms with Gasteiger partial charge in [-0.05, 0) is 25.7 Å². The van der Waals surface area contributed by atoms with Crippen molar-refractivity contribution in [3.8, 4) is 0 Å². The lowest BCUT2D eigenvalue weighted by atomic mass is 10.0. The number of unbranched alkanes of at least 4 members (excludes halogenated alkanes) is 19. The molecule has 4 nitrogen and oxygen atoms in total. The highest BCUT2D eigenvalue weighted by molar-refractivity contribution is 5.64. The first-order valence-corrected chi connectivity index (χ1v) is 12.0. The largest absolute Gasteiger partial charge is 0.550 e. The Labute approximate surface area is 173 Å². The van der Waals surface area contributed by atoms with Crippen molar-refractivity contribution in [3.05, 3.63) is 0 Å². The fourth-order valence-corrected chi connectivity index (χ4v) is 3.72. The average Bonchev–Trinajstić information content (AvgIpc) is 2.65. The number of aliphatic carboxylic acids is 2. The number of carbonyl (C=O) groups is 2. The van der Waals surface area contributed by atoms with Crippen LogP contribution in [0.25, 0.3) is 0 Å². The van der Waals surface area contributed by atoms with Crippen LogP contribution in [0.5, 0.6) is 0 Å². The van der Waals surface area contributed by atoms with E-state index in [1.54, 1.807) is 0 Å². The summed E-state index contributed by atoms with van der Waals surface area (Å²) in [6, 6.07) is 0. The average molecular weight is 397 g/mol. The summed E-state index contributed by atoms with van der Waals surface area (Å²) >= 11 is 0. The Morgan fingerprint density at radius 1 is 0.321 bits per heavy atom. The third-order valence-electron chi connectivity index (χ3n) is 5.51. The van der Waals surface area contributed by atoms with Crippen molar-refractivity contribution in [3.63, 3.8) is 0 Å². The van der Waals surface area contributed by atoms with E-state index in [2.05, 4.69) is 0 Å². The van der Waals surface area contributed by atoms with Crippen LogP contribution in [0.1, 0.15) is 141 Å². The predicted octanol–water partition coefficient (Wildman–Crippen LogP) is 5.07. The normalized spacial score (nSPS) is 11.0. The third kappa shape index (κ3) is 24.9. The van der Waals surface area contributed by atoms with Gasteiger partial charge in [0.15, 0.2) is 0 Å². The van der Waals surface area contributed by atoms with Crippen molar-refractivity contribution in [2.45, 2.75) is 141 Å². The van der Waals surface area contributed by atoms with Crippen LogP contribution in [0.4, 0.5) is 0 Å². The molecule has 0 N–H and O–H groups in total. The fraction of sp³-hybridized carbons (Fsp3) is 0.917. The maximum atomic E-state index is 10.3. The van der Waals surface area contributed by atoms with E-state index in [0.29, 0.717) is 0 Å². The lowest BCUT2D eigenvalue weighted by molar-refractivity contribution is -0.307. The summed E-state index contributed by atoms with van der Waals surface area (Å²) in [7, 11) is 0. The molecule has 0 unspecified atom stereocenters. The maximum Gasteiger partial charge on any atom is 0.0414 e. The standard InChI is InChI=1S/C24H46O4/c25-23(26)21-19-17-15-13-11-9-7-5-3-1-2-4-6-8-10-12-14-16-18-20-22-24(27)28/h1-22H2,(H,25,26)(H,27,28)/p-2. The molecule has 0 saturated carbocycles. The zero-order valence-corrected chi connectivity index (χ0v) is 18.2. The van der Waals surface area contributed by atoms with E-state index in [1.165, 1.54) is 89.9 Å². The zero-order valence-electron chi connectivity index (χ0n) is 18.2. The second kappa shape index (κ2) is 22.2. The Hall–Kier alpha value is -1.06. The first kappa shape index (κ1) is 26.9. The first-order valence-electron chi connectivity index (χ1n) is 12.0. The van der Waals surface area contributed by atoms with Crippen LogP contribution in [0, 0.1) is 0 Å². The van der Waals surface area contributed by atoms with Crippen LogP contribution in [-0.2, 0) is 9.59 Å². The number of rotatable bonds is 23. The number of hydrogen-bond donors (Lipinski definition) is 0. The Morgan fingerprint density at radius 2 is 0.464 bits per heavy atom. The van der Waals surface area contributed by atoms with Gasteiger partial charge in [-0.1, -0.05) is 116 Å². The molecular weight excluding hydrogens is 352 g/mol. The molecule has 0 aliphatic rings. The predicted molar refractivity (Wildman–Crippen MR) is 112 cm³/mol. The Bertz CT molecular complexity index is 321. The second-order valence-electron chi connectivity index (χ2n) is 8.32. The molecular formula is C24H44O4-2. The molecule has 4 heteroatoms. The van der Waals surface area contributed by atoms with Crippen LogP contribution >= 0.6 is 0 Å². The van der Waals surface area contributed by atoms with Gasteiger partial charge in [0.05, 0.1) is 0 Å². The summed E-state index contributed by atoms with van der Waals surface area (Å²) in [5.41, 5.74) is 0. The van der Waals surface area contributed by atoms with Gasteiger partial charge in [0.2, 0.25) is 0 Å². The van der Waals surface area contributed by atoms with Gasteiger partial charge >= 0.3 is 0 Å². The molecule has 0 radical (unpaired) electrons. The number of carboxylic acids is 2. The Morgan fingerprint density at radius 3 is 0.607 bits per heavy atom.